The Morgan fingerprint density at radius 1 is 1.60 bits per heavy atom. The van der Waals surface area contributed by atoms with E-state index in [9.17, 15) is 5.11 Å². The standard InChI is InChI=1S/C11H14ClNO2/c1-8(12)6-13-7-9-3-4-11(15-2)10(14)5-9/h3-5,13-14H,1,6-7H2,2H3. The van der Waals surface area contributed by atoms with Crippen molar-refractivity contribution in [1.82, 2.24) is 5.32 Å². The fraction of sp³-hybridized carbons (Fsp3) is 0.273. The van der Waals surface area contributed by atoms with Gasteiger partial charge in [0.05, 0.1) is 7.11 Å². The van der Waals surface area contributed by atoms with E-state index in [4.69, 9.17) is 16.3 Å². The van der Waals surface area contributed by atoms with Crippen LogP contribution in [0.2, 0.25) is 0 Å². The van der Waals surface area contributed by atoms with Crippen molar-refractivity contribution in [2.24, 2.45) is 0 Å². The lowest BCUT2D eigenvalue weighted by atomic mass is 10.2. The zero-order valence-corrected chi connectivity index (χ0v) is 9.34. The van der Waals surface area contributed by atoms with Gasteiger partial charge in [0.15, 0.2) is 11.5 Å². The minimum Gasteiger partial charge on any atom is -0.504 e. The Labute approximate surface area is 94.3 Å². The van der Waals surface area contributed by atoms with E-state index in [1.807, 2.05) is 6.07 Å². The molecule has 4 heteroatoms. The highest BCUT2D eigenvalue weighted by Crippen LogP contribution is 2.25. The third-order valence-corrected chi connectivity index (χ3v) is 2.02. The molecule has 0 aliphatic rings. The number of aromatic hydroxyl groups is 1. The minimum absolute atomic E-state index is 0.140. The van der Waals surface area contributed by atoms with E-state index >= 15 is 0 Å². The first-order valence-corrected chi connectivity index (χ1v) is 4.91. The van der Waals surface area contributed by atoms with Crippen molar-refractivity contribution in [1.29, 1.82) is 0 Å². The van der Waals surface area contributed by atoms with Gasteiger partial charge in [-0.3, -0.25) is 0 Å². The molecule has 0 aliphatic heterocycles. The Morgan fingerprint density at radius 2 is 2.33 bits per heavy atom. The maximum Gasteiger partial charge on any atom is 0.160 e. The Kier molecular flexibility index (Phi) is 4.46. The SMILES string of the molecule is C=C(Cl)CNCc1ccc(OC)c(O)c1. The molecule has 0 saturated heterocycles. The summed E-state index contributed by atoms with van der Waals surface area (Å²) in [4.78, 5) is 0. The summed E-state index contributed by atoms with van der Waals surface area (Å²) in [5, 5.41) is 13.1. The highest BCUT2D eigenvalue weighted by Gasteiger charge is 2.01. The summed E-state index contributed by atoms with van der Waals surface area (Å²) >= 11 is 5.60. The summed E-state index contributed by atoms with van der Waals surface area (Å²) in [6.45, 7) is 4.74. The lowest BCUT2D eigenvalue weighted by Crippen LogP contribution is -2.14. The molecule has 2 N–H and O–H groups in total. The third kappa shape index (κ3) is 3.81. The van der Waals surface area contributed by atoms with Gasteiger partial charge in [-0.1, -0.05) is 24.2 Å². The van der Waals surface area contributed by atoms with Crippen LogP contribution in [0.15, 0.2) is 29.8 Å². The fourth-order valence-electron chi connectivity index (χ4n) is 1.19. The Hall–Kier alpha value is -1.19. The van der Waals surface area contributed by atoms with Gasteiger partial charge in [-0.05, 0) is 17.7 Å². The van der Waals surface area contributed by atoms with Gasteiger partial charge in [-0.2, -0.15) is 0 Å². The third-order valence-electron chi connectivity index (χ3n) is 1.89. The summed E-state index contributed by atoms with van der Waals surface area (Å²) in [5.74, 6) is 0.613. The first kappa shape index (κ1) is 11.9. The molecule has 3 nitrogen and oxygen atoms in total. The van der Waals surface area contributed by atoms with E-state index in [1.165, 1.54) is 7.11 Å². The molecular formula is C11H14ClNO2. The number of halogens is 1. The Bertz CT molecular complexity index is 352. The van der Waals surface area contributed by atoms with Crippen molar-refractivity contribution in [3.63, 3.8) is 0 Å². The van der Waals surface area contributed by atoms with Gasteiger partial charge in [-0.15, -0.1) is 0 Å². The maximum absolute atomic E-state index is 9.50. The fourth-order valence-corrected chi connectivity index (χ4v) is 1.28. The summed E-state index contributed by atoms with van der Waals surface area (Å²) in [5.41, 5.74) is 0.964. The predicted octanol–water partition coefficient (Wildman–Crippen LogP) is 2.24. The number of benzene rings is 1. The number of phenolic OH excluding ortho intramolecular Hbond substituents is 1. The van der Waals surface area contributed by atoms with Crippen LogP contribution in [-0.4, -0.2) is 18.8 Å². The highest BCUT2D eigenvalue weighted by molar-refractivity contribution is 6.29. The molecular weight excluding hydrogens is 214 g/mol. The molecule has 0 bridgehead atoms. The molecule has 1 aromatic carbocycles. The van der Waals surface area contributed by atoms with Crippen molar-refractivity contribution >= 4 is 11.6 Å². The lowest BCUT2D eigenvalue weighted by molar-refractivity contribution is 0.373. The average molecular weight is 228 g/mol. The van der Waals surface area contributed by atoms with E-state index in [0.717, 1.165) is 5.56 Å². The number of phenols is 1. The highest BCUT2D eigenvalue weighted by atomic mass is 35.5. The van der Waals surface area contributed by atoms with Crippen LogP contribution in [0.3, 0.4) is 0 Å². The molecule has 0 radical (unpaired) electrons. The first-order valence-electron chi connectivity index (χ1n) is 4.53. The van der Waals surface area contributed by atoms with Crippen LogP contribution in [0.4, 0.5) is 0 Å². The second-order valence-corrected chi connectivity index (χ2v) is 3.66. The van der Waals surface area contributed by atoms with E-state index in [1.54, 1.807) is 12.1 Å². The molecule has 15 heavy (non-hydrogen) atoms. The quantitative estimate of drug-likeness (QED) is 0.811. The second-order valence-electron chi connectivity index (χ2n) is 3.13. The zero-order valence-electron chi connectivity index (χ0n) is 8.59. The zero-order chi connectivity index (χ0) is 11.3. The van der Waals surface area contributed by atoms with Gasteiger partial charge >= 0.3 is 0 Å². The van der Waals surface area contributed by atoms with Crippen molar-refractivity contribution in [2.75, 3.05) is 13.7 Å². The smallest absolute Gasteiger partial charge is 0.160 e. The number of hydrogen-bond acceptors (Lipinski definition) is 3. The molecule has 0 amide bonds. The molecule has 0 heterocycles. The van der Waals surface area contributed by atoms with E-state index in [2.05, 4.69) is 11.9 Å². The summed E-state index contributed by atoms with van der Waals surface area (Å²) < 4.78 is 4.94. The van der Waals surface area contributed by atoms with Crippen molar-refractivity contribution in [3.8, 4) is 11.5 Å². The predicted molar refractivity (Wildman–Crippen MR) is 61.4 cm³/mol. The number of nitrogens with one attached hydrogen (secondary N) is 1. The van der Waals surface area contributed by atoms with Crippen LogP contribution in [0.25, 0.3) is 0 Å². The van der Waals surface area contributed by atoms with Gasteiger partial charge in [0.1, 0.15) is 0 Å². The Morgan fingerprint density at radius 3 is 2.87 bits per heavy atom. The maximum atomic E-state index is 9.50. The topological polar surface area (TPSA) is 41.5 Å². The summed E-state index contributed by atoms with van der Waals surface area (Å²) in [6, 6.07) is 5.26. The number of rotatable bonds is 5. The van der Waals surface area contributed by atoms with E-state index in [-0.39, 0.29) is 5.75 Å². The van der Waals surface area contributed by atoms with E-state index < -0.39 is 0 Å². The van der Waals surface area contributed by atoms with Crippen LogP contribution >= 0.6 is 11.6 Å². The Balaban J connectivity index is 2.55. The largest absolute Gasteiger partial charge is 0.504 e. The van der Waals surface area contributed by atoms with Gasteiger partial charge in [0, 0.05) is 18.1 Å². The molecule has 0 fully saturated rings. The molecule has 1 rings (SSSR count). The molecule has 0 aliphatic carbocycles. The van der Waals surface area contributed by atoms with Crippen molar-refractivity contribution in [2.45, 2.75) is 6.54 Å². The average Bonchev–Trinajstić information content (AvgIpc) is 2.17. The summed E-state index contributed by atoms with van der Waals surface area (Å²) in [7, 11) is 1.52. The first-order chi connectivity index (χ1) is 7.13. The van der Waals surface area contributed by atoms with E-state index in [0.29, 0.717) is 23.9 Å². The molecule has 82 valence electrons. The van der Waals surface area contributed by atoms with Crippen LogP contribution in [0.1, 0.15) is 5.56 Å². The normalized spacial score (nSPS) is 10.0. The second kappa shape index (κ2) is 5.63. The van der Waals surface area contributed by atoms with Crippen LogP contribution in [0, 0.1) is 0 Å². The lowest BCUT2D eigenvalue weighted by Gasteiger charge is -2.07. The molecule has 0 atom stereocenters. The van der Waals surface area contributed by atoms with Gasteiger partial charge in [0.2, 0.25) is 0 Å². The minimum atomic E-state index is 0.140. The molecule has 0 saturated carbocycles. The van der Waals surface area contributed by atoms with Crippen molar-refractivity contribution < 1.29 is 9.84 Å². The van der Waals surface area contributed by atoms with Crippen molar-refractivity contribution in [3.05, 3.63) is 35.4 Å². The number of hydrogen-bond donors (Lipinski definition) is 2. The summed E-state index contributed by atoms with van der Waals surface area (Å²) in [6.07, 6.45) is 0. The van der Waals surface area contributed by atoms with Gasteiger partial charge in [-0.25, -0.2) is 0 Å². The molecule has 1 aromatic rings. The molecule has 0 aromatic heterocycles. The van der Waals surface area contributed by atoms with Gasteiger partial charge in [0.25, 0.3) is 0 Å². The molecule has 0 spiro atoms. The van der Waals surface area contributed by atoms with Gasteiger partial charge < -0.3 is 15.2 Å². The number of methoxy groups -OCH3 is 1. The van der Waals surface area contributed by atoms with Crippen LogP contribution < -0.4 is 10.1 Å². The van der Waals surface area contributed by atoms with Crippen LogP contribution in [-0.2, 0) is 6.54 Å². The number of ether oxygens (including phenoxy) is 1. The monoisotopic (exact) mass is 227 g/mol. The van der Waals surface area contributed by atoms with Crippen LogP contribution in [0.5, 0.6) is 11.5 Å². The molecule has 0 unspecified atom stereocenters.